The molecule has 76 valence electrons. The molecule has 0 aromatic heterocycles. The summed E-state index contributed by atoms with van der Waals surface area (Å²) < 4.78 is 16.6. The monoisotopic (exact) mass is 199 g/mol. The number of benzene rings is 1. The van der Waals surface area contributed by atoms with E-state index in [2.05, 4.69) is 4.74 Å². The molecule has 0 atom stereocenters. The van der Waals surface area contributed by atoms with Gasteiger partial charge in [-0.1, -0.05) is 0 Å². The molecule has 1 aromatic carbocycles. The van der Waals surface area contributed by atoms with Crippen LogP contribution in [0.2, 0.25) is 0 Å². The van der Waals surface area contributed by atoms with Crippen LogP contribution in [-0.4, -0.2) is 11.8 Å². The van der Waals surface area contributed by atoms with Gasteiger partial charge in [0.15, 0.2) is 0 Å². The molecule has 0 unspecified atom stereocenters. The maximum absolute atomic E-state index is 11.9. The van der Waals surface area contributed by atoms with Gasteiger partial charge in [0.05, 0.1) is 4.92 Å². The zero-order chi connectivity index (χ0) is 10.7. The summed E-state index contributed by atoms with van der Waals surface area (Å²) in [7, 11) is 0. The summed E-state index contributed by atoms with van der Waals surface area (Å²) in [6.45, 7) is 2.29. The van der Waals surface area contributed by atoms with Gasteiger partial charge in [-0.05, 0) is 25.5 Å². The molecule has 0 fully saturated rings. The first kappa shape index (κ1) is 10.4. The third-order valence-electron chi connectivity index (χ3n) is 1.90. The van der Waals surface area contributed by atoms with Crippen molar-refractivity contribution in [3.8, 4) is 5.75 Å². The number of rotatable bonds is 3. The molecular formula is C9H10FNO3. The molecule has 0 bridgehead atoms. The molecular weight excluding hydrogens is 189 g/mol. The van der Waals surface area contributed by atoms with Crippen LogP contribution in [0.25, 0.3) is 0 Å². The van der Waals surface area contributed by atoms with Gasteiger partial charge < -0.3 is 4.74 Å². The van der Waals surface area contributed by atoms with Crippen molar-refractivity contribution in [2.45, 2.75) is 13.8 Å². The number of ether oxygens (including phenoxy) is 1. The molecule has 5 heteroatoms. The first-order chi connectivity index (χ1) is 6.56. The van der Waals surface area contributed by atoms with E-state index in [4.69, 9.17) is 0 Å². The fraction of sp³-hybridized carbons (Fsp3) is 0.333. The minimum absolute atomic E-state index is 0.0220. The number of nitrogens with zero attached hydrogens (tertiary/aromatic N) is 1. The lowest BCUT2D eigenvalue weighted by atomic mass is 10.1. The highest BCUT2D eigenvalue weighted by molar-refractivity contribution is 5.49. The van der Waals surface area contributed by atoms with Gasteiger partial charge >= 0.3 is 0 Å². The van der Waals surface area contributed by atoms with E-state index in [1.165, 1.54) is 12.1 Å². The van der Waals surface area contributed by atoms with Crippen LogP contribution in [0.15, 0.2) is 12.1 Å². The topological polar surface area (TPSA) is 52.4 Å². The van der Waals surface area contributed by atoms with Crippen LogP contribution in [-0.2, 0) is 0 Å². The van der Waals surface area contributed by atoms with Crippen molar-refractivity contribution in [2.75, 3.05) is 6.86 Å². The smallest absolute Gasteiger partial charge is 0.272 e. The van der Waals surface area contributed by atoms with Crippen LogP contribution < -0.4 is 4.74 Å². The summed E-state index contributed by atoms with van der Waals surface area (Å²) in [6, 6.07) is 2.84. The lowest BCUT2D eigenvalue weighted by Crippen LogP contribution is -1.97. The zero-order valence-corrected chi connectivity index (χ0v) is 7.91. The van der Waals surface area contributed by atoms with E-state index in [1.807, 2.05) is 0 Å². The summed E-state index contributed by atoms with van der Waals surface area (Å²) in [6.07, 6.45) is 0. The number of nitro benzene ring substituents is 1. The third kappa shape index (κ3) is 1.99. The van der Waals surface area contributed by atoms with Crippen LogP contribution >= 0.6 is 0 Å². The largest absolute Gasteiger partial charge is 0.463 e. The fourth-order valence-corrected chi connectivity index (χ4v) is 1.19. The summed E-state index contributed by atoms with van der Waals surface area (Å²) in [4.78, 5) is 10.1. The first-order valence-electron chi connectivity index (χ1n) is 4.00. The predicted molar refractivity (Wildman–Crippen MR) is 49.2 cm³/mol. The van der Waals surface area contributed by atoms with Crippen LogP contribution in [0.5, 0.6) is 5.75 Å². The van der Waals surface area contributed by atoms with E-state index in [9.17, 15) is 14.5 Å². The summed E-state index contributed by atoms with van der Waals surface area (Å²) >= 11 is 0. The molecule has 1 rings (SSSR count). The first-order valence-corrected chi connectivity index (χ1v) is 4.00. The molecule has 14 heavy (non-hydrogen) atoms. The highest BCUT2D eigenvalue weighted by Gasteiger charge is 2.13. The Morgan fingerprint density at radius 2 is 2.07 bits per heavy atom. The molecule has 1 aromatic rings. The number of aryl methyl sites for hydroxylation is 2. The van der Waals surface area contributed by atoms with Crippen molar-refractivity contribution in [1.82, 2.24) is 0 Å². The average Bonchev–Trinajstić information content (AvgIpc) is 2.10. The van der Waals surface area contributed by atoms with E-state index in [0.29, 0.717) is 16.9 Å². The van der Waals surface area contributed by atoms with Gasteiger partial charge in [0.2, 0.25) is 6.86 Å². The van der Waals surface area contributed by atoms with Gasteiger partial charge in [-0.2, -0.15) is 0 Å². The molecule has 0 aliphatic rings. The van der Waals surface area contributed by atoms with E-state index in [0.717, 1.165) is 0 Å². The Bertz CT molecular complexity index is 365. The molecule has 0 aliphatic heterocycles. The highest BCUT2D eigenvalue weighted by atomic mass is 19.1. The van der Waals surface area contributed by atoms with E-state index in [-0.39, 0.29) is 5.69 Å². The molecule has 0 amide bonds. The second-order valence-corrected chi connectivity index (χ2v) is 2.91. The molecule has 0 N–H and O–H groups in total. The Morgan fingerprint density at radius 1 is 1.43 bits per heavy atom. The second kappa shape index (κ2) is 4.04. The number of halogens is 1. The molecule has 0 heterocycles. The maximum Gasteiger partial charge on any atom is 0.272 e. The Hall–Kier alpha value is -1.65. The van der Waals surface area contributed by atoms with E-state index in [1.54, 1.807) is 13.8 Å². The van der Waals surface area contributed by atoms with Gasteiger partial charge in [-0.25, -0.2) is 4.39 Å². The Labute approximate surface area is 80.5 Å². The van der Waals surface area contributed by atoms with Crippen molar-refractivity contribution in [3.63, 3.8) is 0 Å². The summed E-state index contributed by atoms with van der Waals surface area (Å²) in [5.41, 5.74) is 1.04. The molecule has 0 radical (unpaired) electrons. The number of hydrogen-bond donors (Lipinski definition) is 0. The Kier molecular flexibility index (Phi) is 3.01. The van der Waals surface area contributed by atoms with E-state index >= 15 is 0 Å². The standard InChI is InChI=1S/C9H10FNO3/c1-6-4-9(14-5-10)7(2)3-8(6)11(12)13/h3-4H,5H2,1-2H3. The quantitative estimate of drug-likeness (QED) is 0.555. The van der Waals surface area contributed by atoms with Crippen molar-refractivity contribution in [3.05, 3.63) is 33.4 Å². The minimum Gasteiger partial charge on any atom is -0.463 e. The van der Waals surface area contributed by atoms with Gasteiger partial charge in [-0.15, -0.1) is 0 Å². The lowest BCUT2D eigenvalue weighted by molar-refractivity contribution is -0.385. The summed E-state index contributed by atoms with van der Waals surface area (Å²) in [5.74, 6) is 0.343. The van der Waals surface area contributed by atoms with Crippen LogP contribution in [0.3, 0.4) is 0 Å². The van der Waals surface area contributed by atoms with Gasteiger partial charge in [0, 0.05) is 11.6 Å². The van der Waals surface area contributed by atoms with Crippen molar-refractivity contribution >= 4 is 5.69 Å². The van der Waals surface area contributed by atoms with Crippen molar-refractivity contribution in [2.24, 2.45) is 0 Å². The second-order valence-electron chi connectivity index (χ2n) is 2.91. The molecule has 0 saturated heterocycles. The molecule has 0 saturated carbocycles. The molecule has 0 aliphatic carbocycles. The number of alkyl halides is 1. The predicted octanol–water partition coefficient (Wildman–Crippen LogP) is 2.52. The van der Waals surface area contributed by atoms with Crippen molar-refractivity contribution in [1.29, 1.82) is 0 Å². The average molecular weight is 199 g/mol. The third-order valence-corrected chi connectivity index (χ3v) is 1.90. The van der Waals surface area contributed by atoms with Gasteiger partial charge in [0.25, 0.3) is 5.69 Å². The minimum atomic E-state index is -0.932. The highest BCUT2D eigenvalue weighted by Crippen LogP contribution is 2.27. The van der Waals surface area contributed by atoms with Crippen LogP contribution in [0, 0.1) is 24.0 Å². The number of hydrogen-bond acceptors (Lipinski definition) is 3. The zero-order valence-electron chi connectivity index (χ0n) is 7.91. The SMILES string of the molecule is Cc1cc([N+](=O)[O-])c(C)cc1OCF. The van der Waals surface area contributed by atoms with E-state index < -0.39 is 11.8 Å². The van der Waals surface area contributed by atoms with Crippen molar-refractivity contribution < 1.29 is 14.1 Å². The van der Waals surface area contributed by atoms with Gasteiger partial charge in [-0.3, -0.25) is 10.1 Å². The Balaban J connectivity index is 3.17. The Morgan fingerprint density at radius 3 is 2.57 bits per heavy atom. The van der Waals surface area contributed by atoms with Gasteiger partial charge in [0.1, 0.15) is 5.75 Å². The molecule has 0 spiro atoms. The van der Waals surface area contributed by atoms with Crippen LogP contribution in [0.4, 0.5) is 10.1 Å². The maximum atomic E-state index is 11.9. The molecule has 4 nitrogen and oxygen atoms in total. The summed E-state index contributed by atoms with van der Waals surface area (Å²) in [5, 5.41) is 10.5. The number of nitro groups is 1. The fourth-order valence-electron chi connectivity index (χ4n) is 1.19. The van der Waals surface area contributed by atoms with Crippen LogP contribution in [0.1, 0.15) is 11.1 Å². The normalized spacial score (nSPS) is 9.93. The lowest BCUT2D eigenvalue weighted by Gasteiger charge is -2.06.